The van der Waals surface area contributed by atoms with Crippen LogP contribution in [0.4, 0.5) is 0 Å². The topological polar surface area (TPSA) is 49.3 Å². The van der Waals surface area contributed by atoms with Gasteiger partial charge in [-0.3, -0.25) is 4.79 Å². The third kappa shape index (κ3) is 1.21. The lowest BCUT2D eigenvalue weighted by atomic mass is 9.89. The van der Waals surface area contributed by atoms with E-state index in [2.05, 4.69) is 5.32 Å². The monoisotopic (exact) mass is 177 g/mol. The summed E-state index contributed by atoms with van der Waals surface area (Å²) in [7, 11) is 0. The molecule has 68 valence electrons. The Labute approximate surface area is 76.4 Å². The van der Waals surface area contributed by atoms with E-state index in [4.69, 9.17) is 0 Å². The first-order valence-electron chi connectivity index (χ1n) is 4.21. The average molecular weight is 177 g/mol. The van der Waals surface area contributed by atoms with Crippen molar-refractivity contribution in [3.63, 3.8) is 0 Å². The van der Waals surface area contributed by atoms with E-state index in [1.54, 1.807) is 0 Å². The van der Waals surface area contributed by atoms with E-state index >= 15 is 0 Å². The van der Waals surface area contributed by atoms with E-state index in [9.17, 15) is 9.90 Å². The van der Waals surface area contributed by atoms with Crippen molar-refractivity contribution in [1.29, 1.82) is 0 Å². The zero-order valence-electron chi connectivity index (χ0n) is 7.37. The molecule has 1 aliphatic rings. The van der Waals surface area contributed by atoms with Gasteiger partial charge in [0, 0.05) is 5.56 Å². The van der Waals surface area contributed by atoms with Crippen LogP contribution in [-0.2, 0) is 10.5 Å². The van der Waals surface area contributed by atoms with Crippen LogP contribution in [0, 0.1) is 6.92 Å². The molecule has 3 nitrogen and oxygen atoms in total. The molecule has 1 aromatic carbocycles. The second-order valence-electron chi connectivity index (χ2n) is 3.40. The maximum absolute atomic E-state index is 10.7. The van der Waals surface area contributed by atoms with Crippen LogP contribution in [0.1, 0.15) is 17.5 Å². The Balaban J connectivity index is 2.36. The highest BCUT2D eigenvalue weighted by Gasteiger charge is 2.43. The number of β-lactam (4-membered cyclic amide) rings is 1. The zero-order valence-corrected chi connectivity index (χ0v) is 7.37. The van der Waals surface area contributed by atoms with Crippen molar-refractivity contribution in [1.82, 2.24) is 5.32 Å². The smallest absolute Gasteiger partial charge is 0.227 e. The van der Waals surface area contributed by atoms with Crippen molar-refractivity contribution >= 4 is 5.91 Å². The first-order valence-corrected chi connectivity index (χ1v) is 4.21. The number of hydrogen-bond acceptors (Lipinski definition) is 2. The highest BCUT2D eigenvalue weighted by atomic mass is 16.3. The molecule has 1 saturated heterocycles. The van der Waals surface area contributed by atoms with Gasteiger partial charge in [0.15, 0.2) is 5.72 Å². The lowest BCUT2D eigenvalue weighted by molar-refractivity contribution is -0.153. The van der Waals surface area contributed by atoms with E-state index in [1.807, 2.05) is 31.2 Å². The zero-order chi connectivity index (χ0) is 9.47. The van der Waals surface area contributed by atoms with Crippen molar-refractivity contribution in [2.24, 2.45) is 0 Å². The third-order valence-corrected chi connectivity index (χ3v) is 2.35. The van der Waals surface area contributed by atoms with Crippen LogP contribution in [0.25, 0.3) is 0 Å². The molecular weight excluding hydrogens is 166 g/mol. The highest BCUT2D eigenvalue weighted by molar-refractivity contribution is 5.84. The number of rotatable bonds is 1. The van der Waals surface area contributed by atoms with E-state index < -0.39 is 5.72 Å². The first kappa shape index (κ1) is 8.26. The number of carbonyl (C=O) groups is 1. The lowest BCUT2D eigenvalue weighted by Gasteiger charge is -2.38. The van der Waals surface area contributed by atoms with Crippen molar-refractivity contribution in [2.75, 3.05) is 0 Å². The predicted molar refractivity (Wildman–Crippen MR) is 47.8 cm³/mol. The van der Waals surface area contributed by atoms with Crippen LogP contribution in [0.5, 0.6) is 0 Å². The van der Waals surface area contributed by atoms with Crippen molar-refractivity contribution in [2.45, 2.75) is 19.1 Å². The third-order valence-electron chi connectivity index (χ3n) is 2.35. The summed E-state index contributed by atoms with van der Waals surface area (Å²) >= 11 is 0. The quantitative estimate of drug-likeness (QED) is 0.619. The van der Waals surface area contributed by atoms with E-state index in [-0.39, 0.29) is 12.3 Å². The Bertz CT molecular complexity index is 352. The van der Waals surface area contributed by atoms with Gasteiger partial charge >= 0.3 is 0 Å². The molecule has 3 heteroatoms. The molecule has 0 aliphatic carbocycles. The van der Waals surface area contributed by atoms with Crippen LogP contribution in [0.15, 0.2) is 24.3 Å². The van der Waals surface area contributed by atoms with Gasteiger partial charge in [0.1, 0.15) is 0 Å². The van der Waals surface area contributed by atoms with Gasteiger partial charge in [0.25, 0.3) is 0 Å². The van der Waals surface area contributed by atoms with Gasteiger partial charge in [-0.1, -0.05) is 24.3 Å². The fourth-order valence-corrected chi connectivity index (χ4v) is 1.64. The molecule has 1 atom stereocenters. The Morgan fingerprint density at radius 1 is 1.46 bits per heavy atom. The van der Waals surface area contributed by atoms with Crippen molar-refractivity contribution in [3.05, 3.63) is 35.4 Å². The summed E-state index contributed by atoms with van der Waals surface area (Å²) in [5, 5.41) is 12.4. The molecule has 0 spiro atoms. The maximum atomic E-state index is 10.7. The average Bonchev–Trinajstić information content (AvgIpc) is 2.02. The SMILES string of the molecule is Cc1ccccc1C1(O)CC(=O)N1. The Kier molecular flexibility index (Phi) is 1.63. The van der Waals surface area contributed by atoms with Crippen molar-refractivity contribution in [3.8, 4) is 0 Å². The summed E-state index contributed by atoms with van der Waals surface area (Å²) in [6.45, 7) is 1.91. The maximum Gasteiger partial charge on any atom is 0.227 e. The fourth-order valence-electron chi connectivity index (χ4n) is 1.64. The molecule has 1 aliphatic heterocycles. The largest absolute Gasteiger partial charge is 0.366 e. The van der Waals surface area contributed by atoms with Gasteiger partial charge in [0.05, 0.1) is 6.42 Å². The summed E-state index contributed by atoms with van der Waals surface area (Å²) in [6.07, 6.45) is 0.165. The highest BCUT2D eigenvalue weighted by Crippen LogP contribution is 2.30. The number of aliphatic hydroxyl groups is 1. The molecule has 2 N–H and O–H groups in total. The molecular formula is C10H11NO2. The summed E-state index contributed by atoms with van der Waals surface area (Å²) in [5.41, 5.74) is 0.655. The van der Waals surface area contributed by atoms with Crippen LogP contribution < -0.4 is 5.32 Å². The molecule has 1 amide bonds. The van der Waals surface area contributed by atoms with E-state index in [1.165, 1.54) is 0 Å². The first-order chi connectivity index (χ1) is 6.12. The normalized spacial score (nSPS) is 26.5. The van der Waals surface area contributed by atoms with Gasteiger partial charge in [-0.05, 0) is 12.5 Å². The Hall–Kier alpha value is -1.35. The summed E-state index contributed by atoms with van der Waals surface area (Å²) in [6, 6.07) is 7.50. The van der Waals surface area contributed by atoms with E-state index in [0.717, 1.165) is 11.1 Å². The fraction of sp³-hybridized carbons (Fsp3) is 0.300. The number of amides is 1. The number of benzene rings is 1. The number of nitrogens with one attached hydrogen (secondary N) is 1. The molecule has 1 unspecified atom stereocenters. The summed E-state index contributed by atoms with van der Waals surface area (Å²) < 4.78 is 0. The van der Waals surface area contributed by atoms with Crippen molar-refractivity contribution < 1.29 is 9.90 Å². The van der Waals surface area contributed by atoms with Gasteiger partial charge in [0.2, 0.25) is 5.91 Å². The van der Waals surface area contributed by atoms with Gasteiger partial charge in [-0.25, -0.2) is 0 Å². The molecule has 0 radical (unpaired) electrons. The molecule has 0 bridgehead atoms. The van der Waals surface area contributed by atoms with Crippen LogP contribution in [-0.4, -0.2) is 11.0 Å². The van der Waals surface area contributed by atoms with Gasteiger partial charge in [-0.2, -0.15) is 0 Å². The number of carbonyl (C=O) groups excluding carboxylic acids is 1. The number of aryl methyl sites for hydroxylation is 1. The minimum atomic E-state index is -1.12. The molecule has 13 heavy (non-hydrogen) atoms. The Morgan fingerprint density at radius 3 is 2.62 bits per heavy atom. The Morgan fingerprint density at radius 2 is 2.08 bits per heavy atom. The predicted octanol–water partition coefficient (Wildman–Crippen LogP) is 0.660. The summed E-state index contributed by atoms with van der Waals surface area (Å²) in [4.78, 5) is 10.7. The number of hydrogen-bond donors (Lipinski definition) is 2. The molecule has 1 aromatic rings. The molecule has 1 heterocycles. The second-order valence-corrected chi connectivity index (χ2v) is 3.40. The minimum Gasteiger partial charge on any atom is -0.366 e. The molecule has 0 aromatic heterocycles. The molecule has 0 saturated carbocycles. The summed E-state index contributed by atoms with van der Waals surface area (Å²) in [5.74, 6) is -0.106. The standard InChI is InChI=1S/C10H11NO2/c1-7-4-2-3-5-8(7)10(13)6-9(12)11-10/h2-5,13H,6H2,1H3,(H,11,12). The minimum absolute atomic E-state index is 0.106. The van der Waals surface area contributed by atoms with Crippen LogP contribution in [0.2, 0.25) is 0 Å². The van der Waals surface area contributed by atoms with Crippen LogP contribution >= 0.6 is 0 Å². The van der Waals surface area contributed by atoms with Crippen LogP contribution in [0.3, 0.4) is 0 Å². The lowest BCUT2D eigenvalue weighted by Crippen LogP contribution is -2.58. The van der Waals surface area contributed by atoms with E-state index in [0.29, 0.717) is 0 Å². The van der Waals surface area contributed by atoms with Gasteiger partial charge < -0.3 is 10.4 Å². The molecule has 2 rings (SSSR count). The molecule has 1 fully saturated rings. The second kappa shape index (κ2) is 2.57. The van der Waals surface area contributed by atoms with Gasteiger partial charge in [-0.15, -0.1) is 0 Å².